The first-order chi connectivity index (χ1) is 4.00. The summed E-state index contributed by atoms with van der Waals surface area (Å²) in [7, 11) is 0. The van der Waals surface area contributed by atoms with Crippen molar-refractivity contribution >= 4 is 26.7 Å². The summed E-state index contributed by atoms with van der Waals surface area (Å²) >= 11 is -11.5. The minimum absolute atomic E-state index is 0. The average Bonchev–Trinajstić information content (AvgIpc) is 1.12. The van der Waals surface area contributed by atoms with Gasteiger partial charge in [0.15, 0.2) is 0 Å². The van der Waals surface area contributed by atoms with E-state index in [2.05, 4.69) is 0 Å². The minimum atomic E-state index is -5.75. The van der Waals surface area contributed by atoms with Gasteiger partial charge in [-0.15, -0.1) is 0 Å². The Morgan fingerprint density at radius 2 is 0.667 bits per heavy atom. The topological polar surface area (TPSA) is 161 Å². The molecule has 0 aliphatic carbocycles. The maximum atomic E-state index is 8.59. The first kappa shape index (κ1) is 23.2. The van der Waals surface area contributed by atoms with Gasteiger partial charge in [-0.1, -0.05) is 0 Å². The molecule has 8 nitrogen and oxygen atoms in total. The normalized spacial score (nSPS) is 9.67. The van der Waals surface area contributed by atoms with Crippen molar-refractivity contribution in [2.75, 3.05) is 0 Å². The van der Waals surface area contributed by atoms with Crippen molar-refractivity contribution in [3.63, 3.8) is 0 Å². The van der Waals surface area contributed by atoms with Gasteiger partial charge in [-0.25, -0.2) is 0 Å². The molecule has 80 valence electrons. The standard InChI is InChI=1S/Co.Cu.2H2O4Se/c;;2*1-5(2,3)4/h;;2*(H2,1,2,3,4)/q2*+2;;/p-4. The Morgan fingerprint density at radius 3 is 0.667 bits per heavy atom. The molecule has 12 heteroatoms. The molecule has 12 heavy (non-hydrogen) atoms. The summed E-state index contributed by atoms with van der Waals surface area (Å²) in [5.74, 6) is 0. The van der Waals surface area contributed by atoms with E-state index in [0.29, 0.717) is 0 Å². The molecule has 0 saturated carbocycles. The van der Waals surface area contributed by atoms with Gasteiger partial charge in [-0.3, -0.25) is 0 Å². The van der Waals surface area contributed by atoms with E-state index in [-0.39, 0.29) is 33.8 Å². The molecule has 0 spiro atoms. The fraction of sp³-hybridized carbons (Fsp3) is 0. The molecule has 0 atom stereocenters. The van der Waals surface area contributed by atoms with Crippen molar-refractivity contribution in [1.82, 2.24) is 0 Å². The Labute approximate surface area is 92.2 Å². The molecule has 0 aliphatic rings. The van der Waals surface area contributed by atoms with Crippen LogP contribution in [0.2, 0.25) is 0 Å². The predicted molar refractivity (Wildman–Crippen MR) is 14.3 cm³/mol. The van der Waals surface area contributed by atoms with Gasteiger partial charge in [0.1, 0.15) is 0 Å². The molecule has 0 unspecified atom stereocenters. The molecule has 2 radical (unpaired) electrons. The molecule has 0 aliphatic heterocycles. The van der Waals surface area contributed by atoms with E-state index in [4.69, 9.17) is 32.1 Å². The van der Waals surface area contributed by atoms with Crippen molar-refractivity contribution in [2.24, 2.45) is 0 Å². The summed E-state index contributed by atoms with van der Waals surface area (Å²) in [4.78, 5) is 0. The smallest absolute Gasteiger partial charge is 2.00 e. The Hall–Kier alpha value is 1.10. The largest absolute Gasteiger partial charge is 2.00 e. The average molecular weight is 408 g/mol. The van der Waals surface area contributed by atoms with Gasteiger partial charge in [-0.2, -0.15) is 0 Å². The molecule has 0 N–H and O–H groups in total. The molecule has 0 aromatic carbocycles. The van der Waals surface area contributed by atoms with Gasteiger partial charge < -0.3 is 0 Å². The molecule has 0 fully saturated rings. The first-order valence-corrected chi connectivity index (χ1v) is 6.93. The third-order valence-electron chi connectivity index (χ3n) is 0. The zero-order valence-corrected chi connectivity index (χ0v) is 10.1. The SMILES string of the molecule is O=[Se](=O)([O-])[O-].O=[Se](=O)([O-])[O-].[Co+2].[Cu+2]. The predicted octanol–water partition coefficient (Wildman–Crippen LogP) is -6.00. The third-order valence-corrected chi connectivity index (χ3v) is 0. The summed E-state index contributed by atoms with van der Waals surface area (Å²) in [5.41, 5.74) is 0. The van der Waals surface area contributed by atoms with E-state index in [1.165, 1.54) is 0 Å². The molecule has 0 heterocycles. The Morgan fingerprint density at radius 1 is 0.667 bits per heavy atom. The van der Waals surface area contributed by atoms with Gasteiger partial charge in [0.2, 0.25) is 0 Å². The molecule has 0 amide bonds. The number of rotatable bonds is 0. The van der Waals surface area contributed by atoms with Crippen molar-refractivity contribution in [1.29, 1.82) is 0 Å². The quantitative estimate of drug-likeness (QED) is 0.358. The van der Waals surface area contributed by atoms with Crippen LogP contribution in [0.15, 0.2) is 0 Å². The van der Waals surface area contributed by atoms with E-state index < -0.39 is 26.7 Å². The summed E-state index contributed by atoms with van der Waals surface area (Å²) in [5, 5.41) is 0. The summed E-state index contributed by atoms with van der Waals surface area (Å²) < 4.78 is 68.8. The first-order valence-electron chi connectivity index (χ1n) is 1.33. The van der Waals surface area contributed by atoms with Gasteiger partial charge in [-0.05, 0) is 0 Å². The van der Waals surface area contributed by atoms with Crippen molar-refractivity contribution in [3.8, 4) is 0 Å². The zero-order valence-electron chi connectivity index (χ0n) is 4.72. The Bertz CT molecular complexity index is 213. The van der Waals surface area contributed by atoms with Gasteiger partial charge in [0.05, 0.1) is 0 Å². The van der Waals surface area contributed by atoms with Crippen LogP contribution in [0.25, 0.3) is 0 Å². The van der Waals surface area contributed by atoms with E-state index in [9.17, 15) is 0 Å². The number of hydrogen-bond acceptors (Lipinski definition) is 8. The fourth-order valence-corrected chi connectivity index (χ4v) is 0. The fourth-order valence-electron chi connectivity index (χ4n) is 0. The van der Waals surface area contributed by atoms with Crippen molar-refractivity contribution < 1.29 is 65.9 Å². The van der Waals surface area contributed by atoms with Crippen LogP contribution in [0.5, 0.6) is 0 Å². The van der Waals surface area contributed by atoms with Gasteiger partial charge in [0, 0.05) is 0 Å². The molecule has 0 aromatic rings. The molecule has 0 bridgehead atoms. The maximum absolute atomic E-state index is 8.59. The van der Waals surface area contributed by atoms with Crippen LogP contribution in [0.4, 0.5) is 0 Å². The van der Waals surface area contributed by atoms with Crippen LogP contribution >= 0.6 is 0 Å². The summed E-state index contributed by atoms with van der Waals surface area (Å²) in [6.45, 7) is 0. The Kier molecular flexibility index (Phi) is 16.8. The molecule has 0 aromatic heterocycles. The van der Waals surface area contributed by atoms with Gasteiger partial charge >= 0.3 is 92.7 Å². The van der Waals surface area contributed by atoms with Crippen LogP contribution in [-0.4, -0.2) is 26.7 Å². The third kappa shape index (κ3) is 929. The second-order valence-corrected chi connectivity index (χ2v) is 4.24. The molecular formula is CoCuO8Se2. The Balaban J connectivity index is -0.0000000457. The monoisotopic (exact) mass is 410 g/mol. The summed E-state index contributed by atoms with van der Waals surface area (Å²) in [6, 6.07) is 0. The van der Waals surface area contributed by atoms with E-state index in [0.717, 1.165) is 0 Å². The number of hydrogen-bond donors (Lipinski definition) is 0. The zero-order chi connectivity index (χ0) is 9.00. The van der Waals surface area contributed by atoms with E-state index in [1.807, 2.05) is 0 Å². The second-order valence-electron chi connectivity index (χ2n) is 0.816. The van der Waals surface area contributed by atoms with Crippen LogP contribution < -0.4 is 16.8 Å². The van der Waals surface area contributed by atoms with Gasteiger partial charge in [0.25, 0.3) is 0 Å². The summed E-state index contributed by atoms with van der Waals surface area (Å²) in [6.07, 6.45) is 0. The van der Waals surface area contributed by atoms with Crippen molar-refractivity contribution in [3.05, 3.63) is 0 Å². The van der Waals surface area contributed by atoms with Crippen LogP contribution in [0.3, 0.4) is 0 Å². The minimum Gasteiger partial charge on any atom is 2.00 e. The van der Waals surface area contributed by atoms with E-state index in [1.54, 1.807) is 0 Å². The molecule has 0 saturated heterocycles. The van der Waals surface area contributed by atoms with Crippen molar-refractivity contribution in [2.45, 2.75) is 0 Å². The second kappa shape index (κ2) is 8.69. The van der Waals surface area contributed by atoms with Crippen LogP contribution in [-0.2, 0) is 49.2 Å². The van der Waals surface area contributed by atoms with E-state index >= 15 is 0 Å². The molecule has 0 rings (SSSR count). The maximum Gasteiger partial charge on any atom is 2.00 e. The van der Waals surface area contributed by atoms with Crippen LogP contribution in [0.1, 0.15) is 0 Å². The molecular weight excluding hydrogens is 408 g/mol. The van der Waals surface area contributed by atoms with Crippen LogP contribution in [0, 0.1) is 0 Å².